The fourth-order valence-corrected chi connectivity index (χ4v) is 2.79. The van der Waals surface area contributed by atoms with Crippen LogP contribution in [-0.2, 0) is 11.2 Å². The number of H-pyrrole nitrogens is 1. The van der Waals surface area contributed by atoms with Crippen LogP contribution in [0.2, 0.25) is 5.15 Å². The number of aromatic nitrogens is 2. The van der Waals surface area contributed by atoms with Crippen molar-refractivity contribution in [2.75, 3.05) is 7.11 Å². The van der Waals surface area contributed by atoms with Gasteiger partial charge in [-0.25, -0.2) is 4.98 Å². The van der Waals surface area contributed by atoms with Gasteiger partial charge in [0, 0.05) is 18.4 Å². The minimum Gasteiger partial charge on any atom is -0.377 e. The highest BCUT2D eigenvalue weighted by Crippen LogP contribution is 2.37. The van der Waals surface area contributed by atoms with Crippen LogP contribution in [-0.4, -0.2) is 17.1 Å². The molecule has 0 saturated carbocycles. The summed E-state index contributed by atoms with van der Waals surface area (Å²) < 4.78 is 5.55. The first kappa shape index (κ1) is 11.1. The number of rotatable bonds is 1. The van der Waals surface area contributed by atoms with E-state index in [2.05, 4.69) is 16.0 Å². The number of hydrogen-bond acceptors (Lipinski definition) is 2. The molecular weight excluding hydrogens is 236 g/mol. The van der Waals surface area contributed by atoms with Gasteiger partial charge in [0.25, 0.3) is 0 Å². The lowest BCUT2D eigenvalue weighted by molar-refractivity contribution is 0.0890. The Balaban J connectivity index is 2.29. The predicted molar refractivity (Wildman–Crippen MR) is 68.5 cm³/mol. The van der Waals surface area contributed by atoms with Crippen molar-refractivity contribution < 1.29 is 4.74 Å². The summed E-state index contributed by atoms with van der Waals surface area (Å²) in [6, 6.07) is 2.07. The molecule has 3 rings (SSSR count). The van der Waals surface area contributed by atoms with Crippen molar-refractivity contribution in [3.63, 3.8) is 0 Å². The maximum absolute atomic E-state index is 6.11. The molecular formula is C13H15ClN2O. The number of pyridine rings is 1. The zero-order valence-electron chi connectivity index (χ0n) is 10.0. The fraction of sp³-hybridized carbons (Fsp3) is 0.462. The highest BCUT2D eigenvalue weighted by molar-refractivity contribution is 6.30. The van der Waals surface area contributed by atoms with E-state index in [0.29, 0.717) is 5.15 Å². The van der Waals surface area contributed by atoms with Crippen molar-refractivity contribution >= 4 is 22.6 Å². The second-order valence-electron chi connectivity index (χ2n) is 4.63. The van der Waals surface area contributed by atoms with Crippen molar-refractivity contribution in [2.24, 2.45) is 0 Å². The number of ether oxygens (including phenoxy) is 1. The maximum atomic E-state index is 6.11. The lowest BCUT2D eigenvalue weighted by Crippen LogP contribution is -2.10. The molecule has 0 spiro atoms. The first-order chi connectivity index (χ1) is 8.20. The van der Waals surface area contributed by atoms with Crippen LogP contribution in [0, 0.1) is 6.92 Å². The van der Waals surface area contributed by atoms with E-state index in [9.17, 15) is 0 Å². The Bertz CT molecular complexity index is 576. The van der Waals surface area contributed by atoms with Crippen LogP contribution >= 0.6 is 11.6 Å². The Morgan fingerprint density at radius 3 is 3.12 bits per heavy atom. The molecule has 1 unspecified atom stereocenters. The van der Waals surface area contributed by atoms with Crippen molar-refractivity contribution in [1.29, 1.82) is 0 Å². The van der Waals surface area contributed by atoms with Crippen LogP contribution in [0.5, 0.6) is 0 Å². The van der Waals surface area contributed by atoms with Gasteiger partial charge in [-0.3, -0.25) is 0 Å². The molecule has 90 valence electrons. The van der Waals surface area contributed by atoms with Crippen LogP contribution < -0.4 is 0 Å². The van der Waals surface area contributed by atoms with Crippen molar-refractivity contribution in [3.05, 3.63) is 28.0 Å². The van der Waals surface area contributed by atoms with Crippen LogP contribution in [0.3, 0.4) is 0 Å². The summed E-state index contributed by atoms with van der Waals surface area (Å²) in [7, 11) is 1.76. The first-order valence-electron chi connectivity index (χ1n) is 5.91. The van der Waals surface area contributed by atoms with Gasteiger partial charge in [0.15, 0.2) is 0 Å². The zero-order valence-corrected chi connectivity index (χ0v) is 10.8. The van der Waals surface area contributed by atoms with Gasteiger partial charge >= 0.3 is 0 Å². The monoisotopic (exact) mass is 250 g/mol. The number of aromatic amines is 1. The largest absolute Gasteiger partial charge is 0.377 e. The topological polar surface area (TPSA) is 37.9 Å². The normalized spacial score (nSPS) is 19.6. The molecule has 0 amide bonds. The molecule has 2 aromatic heterocycles. The fourth-order valence-electron chi connectivity index (χ4n) is 2.65. The van der Waals surface area contributed by atoms with E-state index in [1.807, 2.05) is 6.92 Å². The van der Waals surface area contributed by atoms with E-state index in [4.69, 9.17) is 16.3 Å². The molecule has 0 radical (unpaired) electrons. The van der Waals surface area contributed by atoms with Crippen LogP contribution in [0.25, 0.3) is 11.0 Å². The molecule has 0 aliphatic heterocycles. The second kappa shape index (κ2) is 4.00. The zero-order chi connectivity index (χ0) is 12.0. The third-order valence-electron chi connectivity index (χ3n) is 3.52. The number of fused-ring (bicyclic) bond motifs is 3. The average molecular weight is 251 g/mol. The smallest absolute Gasteiger partial charge is 0.132 e. The SMILES string of the molecule is COC1CCCc2[nH]c3cc(C)c(Cl)nc3c21. The maximum Gasteiger partial charge on any atom is 0.132 e. The van der Waals surface area contributed by atoms with Gasteiger partial charge in [-0.05, 0) is 37.8 Å². The average Bonchev–Trinajstić information content (AvgIpc) is 2.67. The summed E-state index contributed by atoms with van der Waals surface area (Å²) >= 11 is 6.11. The molecule has 1 N–H and O–H groups in total. The molecule has 2 heterocycles. The molecule has 1 atom stereocenters. The molecule has 0 saturated heterocycles. The van der Waals surface area contributed by atoms with Crippen molar-refractivity contribution in [3.8, 4) is 0 Å². The Morgan fingerprint density at radius 2 is 2.35 bits per heavy atom. The number of aryl methyl sites for hydroxylation is 2. The highest BCUT2D eigenvalue weighted by atomic mass is 35.5. The Hall–Kier alpha value is -1.06. The Labute approximate surface area is 105 Å². The number of hydrogen-bond donors (Lipinski definition) is 1. The lowest BCUT2D eigenvalue weighted by atomic mass is 9.94. The van der Waals surface area contributed by atoms with E-state index in [0.717, 1.165) is 35.9 Å². The molecule has 0 bridgehead atoms. The number of nitrogens with one attached hydrogen (secondary N) is 1. The van der Waals surface area contributed by atoms with Gasteiger partial charge in [0.05, 0.1) is 17.1 Å². The van der Waals surface area contributed by atoms with E-state index >= 15 is 0 Å². The van der Waals surface area contributed by atoms with Gasteiger partial charge < -0.3 is 9.72 Å². The molecule has 17 heavy (non-hydrogen) atoms. The third-order valence-corrected chi connectivity index (χ3v) is 3.90. The molecule has 1 aliphatic rings. The van der Waals surface area contributed by atoms with E-state index in [1.165, 1.54) is 11.3 Å². The van der Waals surface area contributed by atoms with E-state index < -0.39 is 0 Å². The summed E-state index contributed by atoms with van der Waals surface area (Å²) in [4.78, 5) is 7.95. The minimum absolute atomic E-state index is 0.152. The minimum atomic E-state index is 0.152. The molecule has 1 aliphatic carbocycles. The lowest BCUT2D eigenvalue weighted by Gasteiger charge is -2.21. The summed E-state index contributed by atoms with van der Waals surface area (Å²) in [6.07, 6.45) is 3.44. The number of nitrogens with zero attached hydrogens (tertiary/aromatic N) is 1. The van der Waals surface area contributed by atoms with Crippen LogP contribution in [0.15, 0.2) is 6.07 Å². The van der Waals surface area contributed by atoms with Crippen LogP contribution in [0.1, 0.15) is 35.8 Å². The van der Waals surface area contributed by atoms with Gasteiger partial charge in [-0.1, -0.05) is 11.6 Å². The summed E-state index contributed by atoms with van der Waals surface area (Å²) in [5.74, 6) is 0. The van der Waals surface area contributed by atoms with E-state index in [1.54, 1.807) is 7.11 Å². The summed E-state index contributed by atoms with van der Waals surface area (Å²) in [5.41, 5.74) is 5.51. The predicted octanol–water partition coefficient (Wildman–Crippen LogP) is 3.55. The van der Waals surface area contributed by atoms with Gasteiger partial charge in [-0.15, -0.1) is 0 Å². The molecule has 3 nitrogen and oxygen atoms in total. The van der Waals surface area contributed by atoms with Crippen molar-refractivity contribution in [1.82, 2.24) is 9.97 Å². The summed E-state index contributed by atoms with van der Waals surface area (Å²) in [6.45, 7) is 1.97. The van der Waals surface area contributed by atoms with E-state index in [-0.39, 0.29) is 6.10 Å². The third kappa shape index (κ3) is 1.65. The standard InChI is InChI=1S/C13H15ClN2O/c1-7-6-9-12(16-13(7)14)11-8(15-9)4-3-5-10(11)17-2/h6,10,15H,3-5H2,1-2H3. The Kier molecular flexibility index (Phi) is 2.60. The van der Waals surface area contributed by atoms with Gasteiger partial charge in [0.1, 0.15) is 5.15 Å². The first-order valence-corrected chi connectivity index (χ1v) is 6.29. The molecule has 0 fully saturated rings. The number of halogens is 1. The molecule has 0 aromatic carbocycles. The molecule has 2 aromatic rings. The summed E-state index contributed by atoms with van der Waals surface area (Å²) in [5, 5.41) is 0.583. The quantitative estimate of drug-likeness (QED) is 0.786. The van der Waals surface area contributed by atoms with Gasteiger partial charge in [0.2, 0.25) is 0 Å². The Morgan fingerprint density at radius 1 is 1.53 bits per heavy atom. The van der Waals surface area contributed by atoms with Crippen molar-refractivity contribution in [2.45, 2.75) is 32.3 Å². The van der Waals surface area contributed by atoms with Crippen LogP contribution in [0.4, 0.5) is 0 Å². The highest BCUT2D eigenvalue weighted by Gasteiger charge is 2.25. The second-order valence-corrected chi connectivity index (χ2v) is 4.98. The molecule has 4 heteroatoms. The van der Waals surface area contributed by atoms with Gasteiger partial charge in [-0.2, -0.15) is 0 Å². The number of methoxy groups -OCH3 is 1.